The molecule has 2 aromatic heterocycles. The first-order valence-electron chi connectivity index (χ1n) is 9.48. The van der Waals surface area contributed by atoms with Gasteiger partial charge in [0.05, 0.1) is 30.8 Å². The van der Waals surface area contributed by atoms with Crippen molar-refractivity contribution >= 4 is 23.7 Å². The first-order chi connectivity index (χ1) is 13.3. The Morgan fingerprint density at radius 2 is 1.86 bits per heavy atom. The molecule has 3 heterocycles. The Kier molecular flexibility index (Phi) is 4.43. The summed E-state index contributed by atoms with van der Waals surface area (Å²) in [6, 6.07) is 5.95. The second-order valence-electron chi connectivity index (χ2n) is 8.01. The molecule has 1 aromatic carbocycles. The minimum absolute atomic E-state index is 0.427. The minimum atomic E-state index is -0.515. The molecule has 1 aliphatic rings. The molecule has 1 aliphatic heterocycles. The zero-order valence-electron chi connectivity index (χ0n) is 17.2. The number of fused-ring (bicyclic) bond motifs is 1. The molecular weight excluding hydrogens is 355 g/mol. The van der Waals surface area contributed by atoms with Crippen molar-refractivity contribution in [1.29, 1.82) is 0 Å². The highest BCUT2D eigenvalue weighted by molar-refractivity contribution is 6.63. The molecule has 0 amide bonds. The number of hydrogen-bond acceptors (Lipinski definition) is 6. The lowest BCUT2D eigenvalue weighted by Crippen LogP contribution is -2.41. The topological polar surface area (TPSA) is 71.3 Å². The zero-order chi connectivity index (χ0) is 20.1. The van der Waals surface area contributed by atoms with Gasteiger partial charge in [-0.25, -0.2) is 4.98 Å². The van der Waals surface area contributed by atoms with E-state index >= 15 is 0 Å². The van der Waals surface area contributed by atoms with Gasteiger partial charge in [0.1, 0.15) is 11.3 Å². The molecule has 0 bridgehead atoms. The maximum atomic E-state index is 6.24. The Hall–Kier alpha value is -2.45. The van der Waals surface area contributed by atoms with E-state index in [1.54, 1.807) is 19.6 Å². The van der Waals surface area contributed by atoms with E-state index in [0.29, 0.717) is 0 Å². The van der Waals surface area contributed by atoms with E-state index in [2.05, 4.69) is 22.1 Å². The van der Waals surface area contributed by atoms with Gasteiger partial charge in [-0.05, 0) is 46.2 Å². The van der Waals surface area contributed by atoms with Crippen LogP contribution in [0.3, 0.4) is 0 Å². The molecule has 0 radical (unpaired) electrons. The van der Waals surface area contributed by atoms with E-state index < -0.39 is 18.3 Å². The number of rotatable bonds is 4. The van der Waals surface area contributed by atoms with E-state index in [1.807, 2.05) is 50.5 Å². The van der Waals surface area contributed by atoms with Crippen LogP contribution in [0.15, 0.2) is 30.7 Å². The van der Waals surface area contributed by atoms with Crippen LogP contribution in [0.5, 0.6) is 5.75 Å². The lowest BCUT2D eigenvalue weighted by atomic mass is 9.77. The third kappa shape index (κ3) is 2.88. The molecule has 8 heteroatoms. The number of nitrogens with zero attached hydrogens (tertiary/aromatic N) is 4. The summed E-state index contributed by atoms with van der Waals surface area (Å²) in [4.78, 5) is 4.55. The largest absolute Gasteiger partial charge is 0.498 e. The molecule has 0 aliphatic carbocycles. The van der Waals surface area contributed by atoms with Crippen molar-refractivity contribution in [2.24, 2.45) is 0 Å². The van der Waals surface area contributed by atoms with E-state index in [-0.39, 0.29) is 0 Å². The maximum absolute atomic E-state index is 6.24. The van der Waals surface area contributed by atoms with Crippen LogP contribution in [-0.2, 0) is 15.9 Å². The van der Waals surface area contributed by atoms with Crippen molar-refractivity contribution in [2.75, 3.05) is 7.11 Å². The highest BCUT2D eigenvalue weighted by atomic mass is 16.7. The Balaban J connectivity index is 1.82. The average molecular weight is 380 g/mol. The second kappa shape index (κ2) is 6.56. The third-order valence-corrected chi connectivity index (χ3v) is 5.79. The predicted octanol–water partition coefficient (Wildman–Crippen LogP) is 2.82. The van der Waals surface area contributed by atoms with Crippen LogP contribution in [0.2, 0.25) is 0 Å². The van der Waals surface area contributed by atoms with Gasteiger partial charge in [-0.2, -0.15) is 5.10 Å². The number of imidazole rings is 1. The molecular formula is C20H25BN4O3. The van der Waals surface area contributed by atoms with Gasteiger partial charge in [0.15, 0.2) is 5.65 Å². The minimum Gasteiger partial charge on any atom is -0.497 e. The lowest BCUT2D eigenvalue weighted by Gasteiger charge is -2.32. The Morgan fingerprint density at radius 1 is 1.14 bits per heavy atom. The molecule has 0 N–H and O–H groups in total. The second-order valence-corrected chi connectivity index (χ2v) is 8.01. The molecule has 7 nitrogen and oxygen atoms in total. The molecule has 3 aromatic rings. The van der Waals surface area contributed by atoms with Gasteiger partial charge in [-0.3, -0.25) is 0 Å². The fraction of sp³-hybridized carbons (Fsp3) is 0.450. The summed E-state index contributed by atoms with van der Waals surface area (Å²) in [5, 5.41) is 8.43. The average Bonchev–Trinajstić information content (AvgIpc) is 3.18. The van der Waals surface area contributed by atoms with Crippen LogP contribution in [-0.4, -0.2) is 45.2 Å². The number of aromatic nitrogens is 4. The number of methoxy groups -OCH3 is 1. The zero-order valence-corrected chi connectivity index (χ0v) is 17.2. The summed E-state index contributed by atoms with van der Waals surface area (Å²) in [7, 11) is 1.14. The van der Waals surface area contributed by atoms with Gasteiger partial charge < -0.3 is 18.6 Å². The smallest absolute Gasteiger partial charge is 0.497 e. The first kappa shape index (κ1) is 18.9. The van der Waals surface area contributed by atoms with Crippen LogP contribution in [0.1, 0.15) is 34.6 Å². The lowest BCUT2D eigenvalue weighted by molar-refractivity contribution is 0.00578. The first-order valence-corrected chi connectivity index (χ1v) is 9.48. The number of ether oxygens (including phenoxy) is 1. The van der Waals surface area contributed by atoms with Gasteiger partial charge in [-0.15, -0.1) is 5.10 Å². The van der Waals surface area contributed by atoms with Crippen LogP contribution in [0, 0.1) is 0 Å². The highest BCUT2D eigenvalue weighted by Crippen LogP contribution is 2.37. The molecule has 28 heavy (non-hydrogen) atoms. The normalized spacial score (nSPS) is 18.0. The SMILES string of the molecule is CCn1cnc2c(-c3ccc(OC)c(B4OC(C)(C)C(C)(C)O4)c3)cnnc21. The van der Waals surface area contributed by atoms with Crippen molar-refractivity contribution in [3.8, 4) is 16.9 Å². The van der Waals surface area contributed by atoms with E-state index in [4.69, 9.17) is 14.0 Å². The molecule has 4 rings (SSSR count). The summed E-state index contributed by atoms with van der Waals surface area (Å²) in [6.07, 6.45) is 3.53. The molecule has 0 unspecified atom stereocenters. The molecule has 0 saturated carbocycles. The molecule has 146 valence electrons. The van der Waals surface area contributed by atoms with Crippen LogP contribution >= 0.6 is 0 Å². The van der Waals surface area contributed by atoms with Crippen LogP contribution in [0.25, 0.3) is 22.3 Å². The Morgan fingerprint density at radius 3 is 2.50 bits per heavy atom. The third-order valence-electron chi connectivity index (χ3n) is 5.79. The fourth-order valence-electron chi connectivity index (χ4n) is 3.37. The van der Waals surface area contributed by atoms with Crippen molar-refractivity contribution in [1.82, 2.24) is 19.7 Å². The summed E-state index contributed by atoms with van der Waals surface area (Å²) >= 11 is 0. The van der Waals surface area contributed by atoms with Crippen LogP contribution in [0.4, 0.5) is 0 Å². The monoisotopic (exact) mass is 380 g/mol. The van der Waals surface area contributed by atoms with Crippen molar-refractivity contribution in [2.45, 2.75) is 52.4 Å². The maximum Gasteiger partial charge on any atom is 0.498 e. The molecule has 0 atom stereocenters. The van der Waals surface area contributed by atoms with Gasteiger partial charge >= 0.3 is 7.12 Å². The van der Waals surface area contributed by atoms with Crippen molar-refractivity contribution in [3.05, 3.63) is 30.7 Å². The highest BCUT2D eigenvalue weighted by Gasteiger charge is 2.52. The van der Waals surface area contributed by atoms with Gasteiger partial charge in [-0.1, -0.05) is 12.1 Å². The van der Waals surface area contributed by atoms with E-state index in [9.17, 15) is 0 Å². The molecule has 0 spiro atoms. The quantitative estimate of drug-likeness (QED) is 0.649. The van der Waals surface area contributed by atoms with E-state index in [1.165, 1.54) is 0 Å². The summed E-state index contributed by atoms with van der Waals surface area (Å²) in [5.41, 5.74) is 3.46. The Labute approximate surface area is 165 Å². The van der Waals surface area contributed by atoms with E-state index in [0.717, 1.165) is 40.0 Å². The number of hydrogen-bond donors (Lipinski definition) is 0. The standard InChI is InChI=1S/C20H25BN4O3/c1-7-25-12-22-17-14(11-23-24-18(17)25)13-8-9-16(26-6)15(10-13)21-27-19(2,3)20(4,5)28-21/h8-12H,7H2,1-6H3. The summed E-state index contributed by atoms with van der Waals surface area (Å²) < 4.78 is 20.0. The van der Waals surface area contributed by atoms with Crippen molar-refractivity contribution in [3.63, 3.8) is 0 Å². The number of aryl methyl sites for hydroxylation is 1. The van der Waals surface area contributed by atoms with Gasteiger partial charge in [0.25, 0.3) is 0 Å². The number of benzene rings is 1. The Bertz CT molecular complexity index is 1020. The van der Waals surface area contributed by atoms with Crippen LogP contribution < -0.4 is 10.2 Å². The summed E-state index contributed by atoms with van der Waals surface area (Å²) in [5.74, 6) is 0.722. The molecule has 1 saturated heterocycles. The predicted molar refractivity (Wildman–Crippen MR) is 109 cm³/mol. The van der Waals surface area contributed by atoms with Crippen molar-refractivity contribution < 1.29 is 14.0 Å². The van der Waals surface area contributed by atoms with Gasteiger partial charge in [0.2, 0.25) is 0 Å². The summed E-state index contributed by atoms with van der Waals surface area (Å²) in [6.45, 7) is 11.0. The fourth-order valence-corrected chi connectivity index (χ4v) is 3.37. The molecule has 1 fully saturated rings. The van der Waals surface area contributed by atoms with Gasteiger partial charge in [0, 0.05) is 17.6 Å².